The summed E-state index contributed by atoms with van der Waals surface area (Å²) in [7, 11) is 5.39. The Hall–Kier alpha value is -3.60. The minimum atomic E-state index is -0.942. The van der Waals surface area contributed by atoms with Gasteiger partial charge in [0.05, 0.1) is 0 Å². The van der Waals surface area contributed by atoms with Crippen LogP contribution in [0.4, 0.5) is 0 Å². The highest BCUT2D eigenvalue weighted by Crippen LogP contribution is 2.33. The van der Waals surface area contributed by atoms with E-state index in [-0.39, 0.29) is 11.8 Å². The third-order valence-electron chi connectivity index (χ3n) is 6.25. The number of aryl methyl sites for hydroxylation is 1. The van der Waals surface area contributed by atoms with Gasteiger partial charge in [0.1, 0.15) is 11.2 Å². The lowest BCUT2D eigenvalue weighted by atomic mass is 9.87. The predicted octanol–water partition coefficient (Wildman–Crippen LogP) is 3.96. The van der Waals surface area contributed by atoms with E-state index in [2.05, 4.69) is 0 Å². The second kappa shape index (κ2) is 7.91. The van der Waals surface area contributed by atoms with Crippen LogP contribution in [0.3, 0.4) is 0 Å². The van der Waals surface area contributed by atoms with Crippen molar-refractivity contribution in [2.75, 3.05) is 14.1 Å². The van der Waals surface area contributed by atoms with E-state index in [1.54, 1.807) is 19.0 Å². The van der Waals surface area contributed by atoms with Crippen LogP contribution in [-0.2, 0) is 23.1 Å². The summed E-state index contributed by atoms with van der Waals surface area (Å²) in [6.07, 6.45) is 4.27. The Balaban J connectivity index is 1.73. The molecule has 0 saturated carbocycles. The Morgan fingerprint density at radius 2 is 1.55 bits per heavy atom. The van der Waals surface area contributed by atoms with Crippen molar-refractivity contribution >= 4 is 17.9 Å². The number of benzene rings is 2. The molecule has 5 nitrogen and oxygen atoms in total. The molecule has 2 heterocycles. The number of rotatable bonds is 4. The van der Waals surface area contributed by atoms with Crippen LogP contribution in [0.25, 0.3) is 17.3 Å². The standard InChI is InChI=1S/C26H27N3O2/c1-26(18-19-11-6-5-7-12-19)25(31)28(3)23(24(30)29(26)4)17-20-13-8-9-14-21(20)22-15-10-16-27(22)2/h5-17H,18H2,1-4H3/b23-17-. The molecular formula is C26H27N3O2. The van der Waals surface area contributed by atoms with E-state index in [0.717, 1.165) is 22.4 Å². The molecule has 0 aliphatic carbocycles. The molecule has 1 aliphatic heterocycles. The zero-order chi connectivity index (χ0) is 22.2. The van der Waals surface area contributed by atoms with Gasteiger partial charge in [-0.3, -0.25) is 9.59 Å². The molecule has 0 N–H and O–H groups in total. The van der Waals surface area contributed by atoms with E-state index in [9.17, 15) is 9.59 Å². The summed E-state index contributed by atoms with van der Waals surface area (Å²) < 4.78 is 2.04. The molecule has 5 heteroatoms. The van der Waals surface area contributed by atoms with Crippen molar-refractivity contribution < 1.29 is 9.59 Å². The van der Waals surface area contributed by atoms with Crippen LogP contribution >= 0.6 is 0 Å². The highest BCUT2D eigenvalue weighted by molar-refractivity contribution is 6.09. The van der Waals surface area contributed by atoms with Crippen LogP contribution in [0.5, 0.6) is 0 Å². The van der Waals surface area contributed by atoms with Gasteiger partial charge in [-0.2, -0.15) is 0 Å². The molecule has 1 aromatic heterocycles. The number of hydrogen-bond acceptors (Lipinski definition) is 2. The monoisotopic (exact) mass is 413 g/mol. The highest BCUT2D eigenvalue weighted by Gasteiger charge is 2.48. The zero-order valence-corrected chi connectivity index (χ0v) is 18.4. The molecule has 31 heavy (non-hydrogen) atoms. The van der Waals surface area contributed by atoms with Crippen molar-refractivity contribution in [1.29, 1.82) is 0 Å². The van der Waals surface area contributed by atoms with Crippen molar-refractivity contribution in [1.82, 2.24) is 14.4 Å². The lowest BCUT2D eigenvalue weighted by Gasteiger charge is -2.45. The van der Waals surface area contributed by atoms with Crippen molar-refractivity contribution in [3.63, 3.8) is 0 Å². The van der Waals surface area contributed by atoms with Gasteiger partial charge < -0.3 is 14.4 Å². The summed E-state index contributed by atoms with van der Waals surface area (Å²) in [6, 6.07) is 21.8. The molecule has 0 spiro atoms. The minimum absolute atomic E-state index is 0.0962. The van der Waals surface area contributed by atoms with E-state index in [1.165, 1.54) is 4.90 Å². The fourth-order valence-corrected chi connectivity index (χ4v) is 4.24. The highest BCUT2D eigenvalue weighted by atomic mass is 16.2. The first-order valence-corrected chi connectivity index (χ1v) is 10.4. The van der Waals surface area contributed by atoms with Gasteiger partial charge in [-0.05, 0) is 36.3 Å². The smallest absolute Gasteiger partial charge is 0.271 e. The quantitative estimate of drug-likeness (QED) is 0.608. The molecule has 3 aromatic rings. The SMILES string of the molecule is CN1C(=O)C(C)(Cc2ccccc2)N(C)C(=O)/C1=C/c1ccccc1-c1cccn1C. The van der Waals surface area contributed by atoms with Gasteiger partial charge >= 0.3 is 0 Å². The molecule has 158 valence electrons. The van der Waals surface area contributed by atoms with Gasteiger partial charge in [0, 0.05) is 45.0 Å². The van der Waals surface area contributed by atoms with Crippen molar-refractivity contribution in [2.45, 2.75) is 18.9 Å². The number of amides is 2. The molecule has 0 bridgehead atoms. The van der Waals surface area contributed by atoms with E-state index in [0.29, 0.717) is 12.1 Å². The van der Waals surface area contributed by atoms with Crippen LogP contribution in [0.2, 0.25) is 0 Å². The summed E-state index contributed by atoms with van der Waals surface area (Å²) >= 11 is 0. The number of hydrogen-bond donors (Lipinski definition) is 0. The van der Waals surface area contributed by atoms with Gasteiger partial charge in [-0.1, -0.05) is 54.6 Å². The van der Waals surface area contributed by atoms with Gasteiger partial charge in [0.25, 0.3) is 11.8 Å². The Morgan fingerprint density at radius 3 is 2.23 bits per heavy atom. The lowest BCUT2D eigenvalue weighted by Crippen LogP contribution is -2.64. The van der Waals surface area contributed by atoms with E-state index in [1.807, 2.05) is 97.5 Å². The summed E-state index contributed by atoms with van der Waals surface area (Å²) in [6.45, 7) is 1.84. The molecule has 2 aromatic carbocycles. The number of aromatic nitrogens is 1. The summed E-state index contributed by atoms with van der Waals surface area (Å²) in [5.74, 6) is -0.261. The van der Waals surface area contributed by atoms with Gasteiger partial charge in [-0.15, -0.1) is 0 Å². The zero-order valence-electron chi connectivity index (χ0n) is 18.4. The van der Waals surface area contributed by atoms with Crippen LogP contribution in [0.15, 0.2) is 78.6 Å². The van der Waals surface area contributed by atoms with E-state index >= 15 is 0 Å². The molecule has 1 saturated heterocycles. The second-order valence-corrected chi connectivity index (χ2v) is 8.29. The molecule has 1 unspecified atom stereocenters. The fraction of sp³-hybridized carbons (Fsp3) is 0.231. The Labute approximate surface area is 183 Å². The average Bonchev–Trinajstić information content (AvgIpc) is 3.21. The maximum atomic E-state index is 13.5. The van der Waals surface area contributed by atoms with Gasteiger partial charge in [0.15, 0.2) is 0 Å². The Morgan fingerprint density at radius 1 is 0.871 bits per heavy atom. The Bertz CT molecular complexity index is 1160. The summed E-state index contributed by atoms with van der Waals surface area (Å²) in [5, 5.41) is 0. The first-order valence-electron chi connectivity index (χ1n) is 10.4. The average molecular weight is 414 g/mol. The van der Waals surface area contributed by atoms with E-state index < -0.39 is 5.54 Å². The Kier molecular flexibility index (Phi) is 5.27. The summed E-state index contributed by atoms with van der Waals surface area (Å²) in [4.78, 5) is 30.0. The molecule has 1 atom stereocenters. The lowest BCUT2D eigenvalue weighted by molar-refractivity contribution is -0.155. The number of carbonyl (C=O) groups excluding carboxylic acids is 2. The normalized spacial score (nSPS) is 20.6. The van der Waals surface area contributed by atoms with Crippen molar-refractivity contribution in [3.8, 4) is 11.3 Å². The largest absolute Gasteiger partial charge is 0.351 e. The van der Waals surface area contributed by atoms with Crippen LogP contribution < -0.4 is 0 Å². The topological polar surface area (TPSA) is 45.6 Å². The second-order valence-electron chi connectivity index (χ2n) is 8.29. The molecule has 0 radical (unpaired) electrons. The van der Waals surface area contributed by atoms with Gasteiger partial charge in [0.2, 0.25) is 0 Å². The molecular weight excluding hydrogens is 386 g/mol. The minimum Gasteiger partial charge on any atom is -0.351 e. The first-order chi connectivity index (χ1) is 14.8. The third-order valence-corrected chi connectivity index (χ3v) is 6.25. The fourth-order valence-electron chi connectivity index (χ4n) is 4.24. The summed E-state index contributed by atoms with van der Waals surface area (Å²) in [5.41, 5.74) is 3.41. The molecule has 1 aliphatic rings. The van der Waals surface area contributed by atoms with E-state index in [4.69, 9.17) is 0 Å². The first kappa shape index (κ1) is 20.7. The third kappa shape index (κ3) is 3.56. The van der Waals surface area contributed by atoms with Crippen molar-refractivity contribution in [2.24, 2.45) is 7.05 Å². The number of piperazine rings is 1. The number of carbonyl (C=O) groups is 2. The van der Waals surface area contributed by atoms with Gasteiger partial charge in [-0.25, -0.2) is 0 Å². The van der Waals surface area contributed by atoms with Crippen LogP contribution in [-0.4, -0.2) is 45.8 Å². The molecule has 2 amide bonds. The molecule has 1 fully saturated rings. The number of likely N-dealkylation sites (N-methyl/N-ethyl adjacent to an activating group) is 2. The number of nitrogens with zero attached hydrogens (tertiary/aromatic N) is 3. The van der Waals surface area contributed by atoms with Crippen LogP contribution in [0.1, 0.15) is 18.1 Å². The molecule has 4 rings (SSSR count). The van der Waals surface area contributed by atoms with Crippen LogP contribution in [0, 0.1) is 0 Å². The maximum absolute atomic E-state index is 13.5. The van der Waals surface area contributed by atoms with Crippen molar-refractivity contribution in [3.05, 3.63) is 89.8 Å². The predicted molar refractivity (Wildman–Crippen MR) is 123 cm³/mol. The maximum Gasteiger partial charge on any atom is 0.271 e.